The van der Waals surface area contributed by atoms with Crippen LogP contribution in [0.25, 0.3) is 6.08 Å². The van der Waals surface area contributed by atoms with E-state index in [0.29, 0.717) is 18.1 Å². The van der Waals surface area contributed by atoms with Crippen molar-refractivity contribution < 1.29 is 18.7 Å². The number of rotatable bonds is 7. The van der Waals surface area contributed by atoms with Crippen LogP contribution in [0.1, 0.15) is 11.1 Å². The van der Waals surface area contributed by atoms with Gasteiger partial charge >= 0.3 is 0 Å². The maximum absolute atomic E-state index is 13.6. The van der Waals surface area contributed by atoms with Gasteiger partial charge in [0.05, 0.1) is 12.8 Å². The Morgan fingerprint density at radius 3 is 2.50 bits per heavy atom. The standard InChI is InChI=1S/C23H20FNO3/c1-27-22-15-17(11-13-21(22)28-16-18-7-3-2-4-8-18)12-14-23(26)25-20-10-6-5-9-19(20)24/h2-15H,16H2,1H3,(H,25,26)/b14-12+. The molecule has 1 N–H and O–H groups in total. The molecule has 0 bridgehead atoms. The molecule has 5 heteroatoms. The van der Waals surface area contributed by atoms with Crippen LogP contribution < -0.4 is 14.8 Å². The quantitative estimate of drug-likeness (QED) is 0.585. The summed E-state index contributed by atoms with van der Waals surface area (Å²) in [5, 5.41) is 2.50. The molecule has 0 saturated carbocycles. The lowest BCUT2D eigenvalue weighted by atomic mass is 10.2. The first-order valence-electron chi connectivity index (χ1n) is 8.74. The minimum atomic E-state index is -0.481. The normalized spacial score (nSPS) is 10.6. The third-order valence-electron chi connectivity index (χ3n) is 3.98. The second kappa shape index (κ2) is 9.37. The molecule has 0 spiro atoms. The maximum Gasteiger partial charge on any atom is 0.248 e. The summed E-state index contributed by atoms with van der Waals surface area (Å²) >= 11 is 0. The molecule has 4 nitrogen and oxygen atoms in total. The molecule has 3 aromatic rings. The summed E-state index contributed by atoms with van der Waals surface area (Å²) in [5.41, 5.74) is 1.95. The van der Waals surface area contributed by atoms with Gasteiger partial charge in [0.25, 0.3) is 0 Å². The summed E-state index contributed by atoms with van der Waals surface area (Å²) in [5.74, 6) is 0.270. The van der Waals surface area contributed by atoms with E-state index in [-0.39, 0.29) is 5.69 Å². The van der Waals surface area contributed by atoms with Crippen molar-refractivity contribution >= 4 is 17.7 Å². The van der Waals surface area contributed by atoms with Crippen LogP contribution in [0.15, 0.2) is 78.9 Å². The van der Waals surface area contributed by atoms with Crippen LogP contribution in [-0.4, -0.2) is 13.0 Å². The molecule has 3 rings (SSSR count). The number of para-hydroxylation sites is 1. The van der Waals surface area contributed by atoms with Gasteiger partial charge in [-0.15, -0.1) is 0 Å². The van der Waals surface area contributed by atoms with Crippen molar-refractivity contribution in [2.45, 2.75) is 6.61 Å². The molecular weight excluding hydrogens is 357 g/mol. The van der Waals surface area contributed by atoms with Crippen molar-refractivity contribution in [1.82, 2.24) is 0 Å². The predicted octanol–water partition coefficient (Wildman–Crippen LogP) is 5.07. The average molecular weight is 377 g/mol. The first-order chi connectivity index (χ1) is 13.7. The fourth-order valence-corrected chi connectivity index (χ4v) is 2.55. The topological polar surface area (TPSA) is 47.6 Å². The highest BCUT2D eigenvalue weighted by Crippen LogP contribution is 2.29. The number of ether oxygens (including phenoxy) is 2. The predicted molar refractivity (Wildman–Crippen MR) is 108 cm³/mol. The van der Waals surface area contributed by atoms with Crippen LogP contribution in [-0.2, 0) is 11.4 Å². The van der Waals surface area contributed by atoms with Gasteiger partial charge in [-0.1, -0.05) is 48.5 Å². The molecule has 0 fully saturated rings. The van der Waals surface area contributed by atoms with E-state index in [9.17, 15) is 9.18 Å². The van der Waals surface area contributed by atoms with Gasteiger partial charge in [-0.3, -0.25) is 4.79 Å². The fraction of sp³-hybridized carbons (Fsp3) is 0.0870. The molecule has 0 aliphatic heterocycles. The van der Waals surface area contributed by atoms with Crippen molar-refractivity contribution in [2.75, 3.05) is 12.4 Å². The fourth-order valence-electron chi connectivity index (χ4n) is 2.55. The number of halogens is 1. The summed E-state index contributed by atoms with van der Waals surface area (Å²) < 4.78 is 24.8. The third-order valence-corrected chi connectivity index (χ3v) is 3.98. The van der Waals surface area contributed by atoms with Crippen LogP contribution in [0.2, 0.25) is 0 Å². The second-order valence-electron chi connectivity index (χ2n) is 5.99. The summed E-state index contributed by atoms with van der Waals surface area (Å²) in [7, 11) is 1.56. The highest BCUT2D eigenvalue weighted by atomic mass is 19.1. The molecule has 0 aromatic heterocycles. The molecule has 0 heterocycles. The molecule has 0 aliphatic carbocycles. The van der Waals surface area contributed by atoms with E-state index >= 15 is 0 Å². The molecular formula is C23H20FNO3. The van der Waals surface area contributed by atoms with E-state index in [0.717, 1.165) is 11.1 Å². The molecule has 0 saturated heterocycles. The number of methoxy groups -OCH3 is 1. The van der Waals surface area contributed by atoms with E-state index in [2.05, 4.69) is 5.32 Å². The zero-order valence-electron chi connectivity index (χ0n) is 15.4. The van der Waals surface area contributed by atoms with Crippen molar-refractivity contribution in [3.05, 3.63) is 95.8 Å². The van der Waals surface area contributed by atoms with E-state index in [1.54, 1.807) is 37.5 Å². The van der Waals surface area contributed by atoms with Gasteiger partial charge in [0.2, 0.25) is 5.91 Å². The Morgan fingerprint density at radius 2 is 1.75 bits per heavy atom. The summed E-state index contributed by atoms with van der Waals surface area (Å²) in [4.78, 5) is 12.0. The van der Waals surface area contributed by atoms with E-state index < -0.39 is 11.7 Å². The Labute approximate surface area is 163 Å². The number of nitrogens with one attached hydrogen (secondary N) is 1. The third kappa shape index (κ3) is 5.20. The van der Waals surface area contributed by atoms with Gasteiger partial charge in [0, 0.05) is 6.08 Å². The van der Waals surface area contributed by atoms with Gasteiger partial charge in [-0.2, -0.15) is 0 Å². The lowest BCUT2D eigenvalue weighted by Gasteiger charge is -2.11. The molecule has 0 atom stereocenters. The van der Waals surface area contributed by atoms with E-state index in [4.69, 9.17) is 9.47 Å². The van der Waals surface area contributed by atoms with Gasteiger partial charge in [-0.25, -0.2) is 4.39 Å². The minimum Gasteiger partial charge on any atom is -0.493 e. The van der Waals surface area contributed by atoms with Gasteiger partial charge in [0.1, 0.15) is 12.4 Å². The van der Waals surface area contributed by atoms with E-state index in [1.165, 1.54) is 18.2 Å². The minimum absolute atomic E-state index is 0.138. The summed E-state index contributed by atoms with van der Waals surface area (Å²) in [6.45, 7) is 0.428. The average Bonchev–Trinajstić information content (AvgIpc) is 2.73. The lowest BCUT2D eigenvalue weighted by Crippen LogP contribution is -2.09. The number of benzene rings is 3. The highest BCUT2D eigenvalue weighted by Gasteiger charge is 2.06. The molecule has 3 aromatic carbocycles. The Kier molecular flexibility index (Phi) is 6.41. The van der Waals surface area contributed by atoms with Crippen LogP contribution in [0.5, 0.6) is 11.5 Å². The van der Waals surface area contributed by atoms with Crippen molar-refractivity contribution in [3.8, 4) is 11.5 Å². The number of hydrogen-bond acceptors (Lipinski definition) is 3. The molecule has 0 unspecified atom stereocenters. The molecule has 28 heavy (non-hydrogen) atoms. The first-order valence-corrected chi connectivity index (χ1v) is 8.74. The number of carbonyl (C=O) groups excluding carboxylic acids is 1. The molecule has 0 radical (unpaired) electrons. The van der Waals surface area contributed by atoms with Crippen molar-refractivity contribution in [2.24, 2.45) is 0 Å². The Hall–Kier alpha value is -3.60. The van der Waals surface area contributed by atoms with Gasteiger partial charge in [0.15, 0.2) is 11.5 Å². The monoisotopic (exact) mass is 377 g/mol. The van der Waals surface area contributed by atoms with E-state index in [1.807, 2.05) is 36.4 Å². The van der Waals surface area contributed by atoms with Gasteiger partial charge in [-0.05, 0) is 41.5 Å². The number of carbonyl (C=O) groups is 1. The Balaban J connectivity index is 1.65. The Bertz CT molecular complexity index is 971. The molecule has 142 valence electrons. The smallest absolute Gasteiger partial charge is 0.248 e. The Morgan fingerprint density at radius 1 is 1.00 bits per heavy atom. The SMILES string of the molecule is COc1cc(/C=C/C(=O)Nc2ccccc2F)ccc1OCc1ccccc1. The summed E-state index contributed by atoms with van der Waals surface area (Å²) in [6.07, 6.45) is 2.96. The number of hydrogen-bond donors (Lipinski definition) is 1. The first kappa shape index (κ1) is 19.2. The van der Waals surface area contributed by atoms with Crippen molar-refractivity contribution in [1.29, 1.82) is 0 Å². The van der Waals surface area contributed by atoms with Crippen LogP contribution in [0.4, 0.5) is 10.1 Å². The van der Waals surface area contributed by atoms with Crippen LogP contribution >= 0.6 is 0 Å². The zero-order valence-corrected chi connectivity index (χ0v) is 15.4. The molecule has 1 amide bonds. The number of amides is 1. The summed E-state index contributed by atoms with van der Waals surface area (Å²) in [6, 6.07) is 21.2. The highest BCUT2D eigenvalue weighted by molar-refractivity contribution is 6.02. The van der Waals surface area contributed by atoms with Gasteiger partial charge < -0.3 is 14.8 Å². The second-order valence-corrected chi connectivity index (χ2v) is 5.99. The largest absolute Gasteiger partial charge is 0.493 e. The molecule has 0 aliphatic rings. The maximum atomic E-state index is 13.6. The lowest BCUT2D eigenvalue weighted by molar-refractivity contribution is -0.111. The number of anilines is 1. The van der Waals surface area contributed by atoms with Crippen molar-refractivity contribution in [3.63, 3.8) is 0 Å². The van der Waals surface area contributed by atoms with Crippen LogP contribution in [0.3, 0.4) is 0 Å². The van der Waals surface area contributed by atoms with Crippen LogP contribution in [0, 0.1) is 5.82 Å². The zero-order chi connectivity index (χ0) is 19.8.